The second-order valence-corrected chi connectivity index (χ2v) is 4.30. The van der Waals surface area contributed by atoms with Crippen LogP contribution in [0.2, 0.25) is 0 Å². The summed E-state index contributed by atoms with van der Waals surface area (Å²) in [4.78, 5) is 15.4. The maximum atomic E-state index is 13.2. The minimum atomic E-state index is -0.411. The van der Waals surface area contributed by atoms with E-state index in [2.05, 4.69) is 16.8 Å². The Morgan fingerprint density at radius 1 is 1.45 bits per heavy atom. The first-order valence-electron chi connectivity index (χ1n) is 6.01. The first kappa shape index (κ1) is 14.0. The smallest absolute Gasteiger partial charge is 0.347 e. The number of rotatable bonds is 2. The molecule has 4 nitrogen and oxygen atoms in total. The predicted octanol–water partition coefficient (Wildman–Crippen LogP) is 1.08. The third-order valence-corrected chi connectivity index (χ3v) is 2.70. The fourth-order valence-corrected chi connectivity index (χ4v) is 1.80. The molecule has 20 heavy (non-hydrogen) atoms. The van der Waals surface area contributed by atoms with E-state index in [9.17, 15) is 9.18 Å². The summed E-state index contributed by atoms with van der Waals surface area (Å²) in [6.07, 6.45) is 3.18. The van der Waals surface area contributed by atoms with Crippen molar-refractivity contribution < 1.29 is 9.50 Å². The van der Waals surface area contributed by atoms with Crippen LogP contribution < -0.4 is 5.69 Å². The molecule has 2 aromatic rings. The molecule has 0 aliphatic carbocycles. The summed E-state index contributed by atoms with van der Waals surface area (Å²) in [5.41, 5.74) is 1.63. The van der Waals surface area contributed by atoms with Gasteiger partial charge in [0.1, 0.15) is 12.4 Å². The van der Waals surface area contributed by atoms with E-state index in [0.717, 1.165) is 5.56 Å². The fourth-order valence-electron chi connectivity index (χ4n) is 1.80. The Morgan fingerprint density at radius 3 is 3.00 bits per heavy atom. The zero-order valence-electron chi connectivity index (χ0n) is 10.9. The predicted molar refractivity (Wildman–Crippen MR) is 72.7 cm³/mol. The summed E-state index contributed by atoms with van der Waals surface area (Å²) in [7, 11) is 0. The van der Waals surface area contributed by atoms with Crippen LogP contribution in [0.1, 0.15) is 16.7 Å². The van der Waals surface area contributed by atoms with Crippen molar-refractivity contribution in [3.63, 3.8) is 0 Å². The van der Waals surface area contributed by atoms with E-state index < -0.39 is 5.82 Å². The molecule has 1 N–H and O–H groups in total. The van der Waals surface area contributed by atoms with Gasteiger partial charge in [0, 0.05) is 18.0 Å². The molecular formula is C15H13FN2O2. The number of aryl methyl sites for hydroxylation is 1. The molecule has 5 heteroatoms. The lowest BCUT2D eigenvalue weighted by atomic mass is 10.1. The van der Waals surface area contributed by atoms with Gasteiger partial charge in [-0.05, 0) is 30.2 Å². The largest absolute Gasteiger partial charge is 0.384 e. The van der Waals surface area contributed by atoms with E-state index in [-0.39, 0.29) is 18.8 Å². The number of aliphatic hydroxyl groups excluding tert-OH is 1. The lowest BCUT2D eigenvalue weighted by molar-refractivity contribution is 0.350. The molecule has 0 unspecified atom stereocenters. The molecule has 0 amide bonds. The summed E-state index contributed by atoms with van der Waals surface area (Å²) in [6.45, 7) is 1.78. The minimum absolute atomic E-state index is 0.253. The van der Waals surface area contributed by atoms with E-state index in [4.69, 9.17) is 5.11 Å². The molecule has 0 aliphatic heterocycles. The molecule has 0 bridgehead atoms. The van der Waals surface area contributed by atoms with Crippen LogP contribution in [0.4, 0.5) is 4.39 Å². The summed E-state index contributed by atoms with van der Waals surface area (Å²) < 4.78 is 14.7. The molecule has 0 aliphatic rings. The lowest BCUT2D eigenvalue weighted by Crippen LogP contribution is -2.23. The van der Waals surface area contributed by atoms with E-state index >= 15 is 0 Å². The third kappa shape index (κ3) is 3.31. The van der Waals surface area contributed by atoms with Gasteiger partial charge in [-0.3, -0.25) is 4.57 Å². The average molecular weight is 272 g/mol. The Hall–Kier alpha value is -2.45. The van der Waals surface area contributed by atoms with Gasteiger partial charge in [0.2, 0.25) is 0 Å². The number of benzene rings is 1. The van der Waals surface area contributed by atoms with Gasteiger partial charge in [-0.15, -0.1) is 0 Å². The molecule has 102 valence electrons. The quantitative estimate of drug-likeness (QED) is 0.832. The number of halogens is 1. The summed E-state index contributed by atoms with van der Waals surface area (Å²) in [5.74, 6) is 4.75. The average Bonchev–Trinajstić information content (AvgIpc) is 2.43. The topological polar surface area (TPSA) is 55.1 Å². The van der Waals surface area contributed by atoms with E-state index in [1.54, 1.807) is 12.3 Å². The van der Waals surface area contributed by atoms with Crippen molar-refractivity contribution in [1.82, 2.24) is 9.55 Å². The molecule has 1 heterocycles. The van der Waals surface area contributed by atoms with Crippen LogP contribution in [0, 0.1) is 24.6 Å². The van der Waals surface area contributed by atoms with Crippen LogP contribution in [-0.2, 0) is 6.54 Å². The van der Waals surface area contributed by atoms with Gasteiger partial charge in [-0.2, -0.15) is 0 Å². The van der Waals surface area contributed by atoms with Crippen molar-refractivity contribution in [1.29, 1.82) is 0 Å². The normalized spacial score (nSPS) is 9.95. The van der Waals surface area contributed by atoms with Gasteiger partial charge in [0.15, 0.2) is 0 Å². The molecule has 1 aromatic heterocycles. The third-order valence-electron chi connectivity index (χ3n) is 2.70. The standard InChI is InChI=1S/C15H13FN2O2/c1-11-8-17-15(20)18(9-11)10-13-4-5-14(16)7-12(13)3-2-6-19/h4-5,7-9,19H,6,10H2,1H3. The van der Waals surface area contributed by atoms with Gasteiger partial charge in [0.05, 0.1) is 6.54 Å². The van der Waals surface area contributed by atoms with Crippen molar-refractivity contribution in [2.75, 3.05) is 6.61 Å². The van der Waals surface area contributed by atoms with Crippen LogP contribution >= 0.6 is 0 Å². The molecule has 0 atom stereocenters. The van der Waals surface area contributed by atoms with Gasteiger partial charge in [0.25, 0.3) is 0 Å². The maximum Gasteiger partial charge on any atom is 0.347 e. The van der Waals surface area contributed by atoms with Crippen molar-refractivity contribution in [2.45, 2.75) is 13.5 Å². The van der Waals surface area contributed by atoms with Crippen molar-refractivity contribution in [2.24, 2.45) is 0 Å². The molecule has 0 radical (unpaired) electrons. The fraction of sp³-hybridized carbons (Fsp3) is 0.200. The SMILES string of the molecule is Cc1cnc(=O)n(Cc2ccc(F)cc2C#CCO)c1. The van der Waals surface area contributed by atoms with Gasteiger partial charge < -0.3 is 5.11 Å². The highest BCUT2D eigenvalue weighted by Gasteiger charge is 2.05. The van der Waals surface area contributed by atoms with Gasteiger partial charge >= 0.3 is 5.69 Å². The molecule has 2 rings (SSSR count). The molecule has 0 saturated carbocycles. The maximum absolute atomic E-state index is 13.2. The number of hydrogen-bond donors (Lipinski definition) is 1. The minimum Gasteiger partial charge on any atom is -0.384 e. The van der Waals surface area contributed by atoms with Gasteiger partial charge in [-0.25, -0.2) is 14.2 Å². The van der Waals surface area contributed by atoms with Crippen LogP contribution in [0.5, 0.6) is 0 Å². The zero-order chi connectivity index (χ0) is 14.5. The van der Waals surface area contributed by atoms with E-state index in [0.29, 0.717) is 11.1 Å². The Morgan fingerprint density at radius 2 is 2.25 bits per heavy atom. The first-order chi connectivity index (χ1) is 9.60. The number of nitrogens with zero attached hydrogens (tertiary/aromatic N) is 2. The number of aliphatic hydroxyl groups is 1. The summed E-state index contributed by atoms with van der Waals surface area (Å²) >= 11 is 0. The van der Waals surface area contributed by atoms with Crippen LogP contribution in [-0.4, -0.2) is 21.3 Å². The van der Waals surface area contributed by atoms with Gasteiger partial charge in [-0.1, -0.05) is 17.9 Å². The highest BCUT2D eigenvalue weighted by atomic mass is 19.1. The van der Waals surface area contributed by atoms with Crippen molar-refractivity contribution >= 4 is 0 Å². The second-order valence-electron chi connectivity index (χ2n) is 4.30. The van der Waals surface area contributed by atoms with Crippen LogP contribution in [0.25, 0.3) is 0 Å². The summed E-state index contributed by atoms with van der Waals surface area (Å²) in [5, 5.41) is 8.73. The van der Waals surface area contributed by atoms with Crippen molar-refractivity contribution in [3.8, 4) is 11.8 Å². The van der Waals surface area contributed by atoms with E-state index in [1.807, 2.05) is 6.92 Å². The molecular weight excluding hydrogens is 259 g/mol. The Labute approximate surface area is 115 Å². The number of aromatic nitrogens is 2. The zero-order valence-corrected chi connectivity index (χ0v) is 10.9. The van der Waals surface area contributed by atoms with Crippen LogP contribution in [0.15, 0.2) is 35.4 Å². The first-order valence-corrected chi connectivity index (χ1v) is 6.01. The lowest BCUT2D eigenvalue weighted by Gasteiger charge is -2.08. The highest BCUT2D eigenvalue weighted by Crippen LogP contribution is 2.11. The second kappa shape index (κ2) is 6.13. The van der Waals surface area contributed by atoms with Crippen molar-refractivity contribution in [3.05, 3.63) is 63.6 Å². The molecule has 1 aromatic carbocycles. The Bertz CT molecular complexity index is 742. The Kier molecular flexibility index (Phi) is 4.28. The molecule has 0 saturated heterocycles. The summed E-state index contributed by atoms with van der Waals surface area (Å²) in [6, 6.07) is 4.17. The highest BCUT2D eigenvalue weighted by molar-refractivity contribution is 5.42. The Balaban J connectivity index is 2.43. The molecule has 0 fully saturated rings. The number of hydrogen-bond acceptors (Lipinski definition) is 3. The molecule has 0 spiro atoms. The monoisotopic (exact) mass is 272 g/mol. The van der Waals surface area contributed by atoms with Crippen LogP contribution in [0.3, 0.4) is 0 Å². The van der Waals surface area contributed by atoms with E-state index in [1.165, 1.54) is 22.9 Å².